The fourth-order valence-corrected chi connectivity index (χ4v) is 2.84. The number of methoxy groups -OCH3 is 1. The molecule has 2 rings (SSSR count). The number of aryl methyl sites for hydroxylation is 1. The van der Waals surface area contributed by atoms with E-state index < -0.39 is 0 Å². The zero-order chi connectivity index (χ0) is 16.7. The van der Waals surface area contributed by atoms with Gasteiger partial charge in [-0.05, 0) is 36.2 Å². The Morgan fingerprint density at radius 3 is 2.43 bits per heavy atom. The average Bonchev–Trinajstić information content (AvgIpc) is 2.56. The molecule has 0 radical (unpaired) electrons. The van der Waals surface area contributed by atoms with Crippen molar-refractivity contribution in [1.82, 2.24) is 0 Å². The number of rotatable bonds is 6. The third-order valence-electron chi connectivity index (χ3n) is 3.32. The predicted molar refractivity (Wildman–Crippen MR) is 93.8 cm³/mol. The second-order valence-electron chi connectivity index (χ2n) is 5.03. The zero-order valence-electron chi connectivity index (χ0n) is 13.2. The van der Waals surface area contributed by atoms with Crippen molar-refractivity contribution in [2.24, 2.45) is 0 Å². The maximum Gasteiger partial charge on any atom is 0.315 e. The summed E-state index contributed by atoms with van der Waals surface area (Å²) in [6.45, 7) is 1.91. The van der Waals surface area contributed by atoms with E-state index in [2.05, 4.69) is 10.1 Å². The van der Waals surface area contributed by atoms with Crippen molar-refractivity contribution >= 4 is 29.3 Å². The molecular formula is C18H19NO3S. The van der Waals surface area contributed by atoms with Crippen LogP contribution in [0.25, 0.3) is 0 Å². The molecule has 2 aromatic rings. The molecule has 120 valence electrons. The number of hydrogen-bond acceptors (Lipinski definition) is 4. The molecule has 0 bridgehead atoms. The van der Waals surface area contributed by atoms with Crippen LogP contribution in [0, 0.1) is 6.92 Å². The first-order chi connectivity index (χ1) is 11.1. The quantitative estimate of drug-likeness (QED) is 0.822. The van der Waals surface area contributed by atoms with Crippen LogP contribution < -0.4 is 5.32 Å². The van der Waals surface area contributed by atoms with Crippen molar-refractivity contribution in [3.8, 4) is 0 Å². The molecule has 4 nitrogen and oxygen atoms in total. The summed E-state index contributed by atoms with van der Waals surface area (Å²) in [5.74, 6) is 0.719. The molecule has 0 spiro atoms. The largest absolute Gasteiger partial charge is 0.468 e. The van der Waals surface area contributed by atoms with Crippen LogP contribution in [0.15, 0.2) is 48.5 Å². The number of anilines is 1. The van der Waals surface area contributed by atoms with E-state index in [1.807, 2.05) is 55.5 Å². The lowest BCUT2D eigenvalue weighted by molar-refractivity contribution is -0.137. The molecule has 1 amide bonds. The zero-order valence-corrected chi connectivity index (χ0v) is 14.0. The summed E-state index contributed by atoms with van der Waals surface area (Å²) in [7, 11) is 1.38. The van der Waals surface area contributed by atoms with Crippen LogP contribution >= 0.6 is 11.8 Å². The van der Waals surface area contributed by atoms with Crippen molar-refractivity contribution in [3.05, 3.63) is 65.2 Å². The second-order valence-corrected chi connectivity index (χ2v) is 6.02. The van der Waals surface area contributed by atoms with E-state index in [9.17, 15) is 9.59 Å². The molecule has 5 heteroatoms. The van der Waals surface area contributed by atoms with E-state index in [1.165, 1.54) is 18.9 Å². The molecule has 1 N–H and O–H groups in total. The standard InChI is InChI=1S/C18H19NO3S/c1-13-5-3-4-6-16(13)18(21)19-15-9-7-14(8-10-15)11-23-12-17(20)22-2/h3-10H,11-12H2,1-2H3,(H,19,21). The highest BCUT2D eigenvalue weighted by atomic mass is 32.2. The lowest BCUT2D eigenvalue weighted by atomic mass is 10.1. The lowest BCUT2D eigenvalue weighted by Crippen LogP contribution is -2.13. The Morgan fingerprint density at radius 2 is 1.78 bits per heavy atom. The van der Waals surface area contributed by atoms with E-state index in [-0.39, 0.29) is 11.9 Å². The average molecular weight is 329 g/mol. The van der Waals surface area contributed by atoms with Crippen LogP contribution in [-0.2, 0) is 15.3 Å². The Kier molecular flexibility index (Phi) is 6.23. The number of hydrogen-bond donors (Lipinski definition) is 1. The highest BCUT2D eigenvalue weighted by Crippen LogP contribution is 2.17. The summed E-state index contributed by atoms with van der Waals surface area (Å²) in [4.78, 5) is 23.3. The number of nitrogens with one attached hydrogen (secondary N) is 1. The van der Waals surface area contributed by atoms with Gasteiger partial charge in [-0.1, -0.05) is 30.3 Å². The van der Waals surface area contributed by atoms with Crippen molar-refractivity contribution in [2.45, 2.75) is 12.7 Å². The number of carbonyl (C=O) groups is 2. The molecule has 0 saturated carbocycles. The Bertz CT molecular complexity index is 683. The minimum atomic E-state index is -0.225. The highest BCUT2D eigenvalue weighted by Gasteiger charge is 2.08. The molecule has 0 aromatic heterocycles. The van der Waals surface area contributed by atoms with Crippen molar-refractivity contribution in [1.29, 1.82) is 0 Å². The van der Waals surface area contributed by atoms with Crippen LogP contribution in [0.2, 0.25) is 0 Å². The number of amides is 1. The van der Waals surface area contributed by atoms with Gasteiger partial charge in [0, 0.05) is 17.0 Å². The molecular weight excluding hydrogens is 310 g/mol. The van der Waals surface area contributed by atoms with Crippen LogP contribution in [0.4, 0.5) is 5.69 Å². The Balaban J connectivity index is 1.91. The Morgan fingerprint density at radius 1 is 1.09 bits per heavy atom. The topological polar surface area (TPSA) is 55.4 Å². The monoisotopic (exact) mass is 329 g/mol. The van der Waals surface area contributed by atoms with Gasteiger partial charge in [-0.25, -0.2) is 0 Å². The SMILES string of the molecule is COC(=O)CSCc1ccc(NC(=O)c2ccccc2C)cc1. The molecule has 0 heterocycles. The molecule has 0 aliphatic carbocycles. The van der Waals surface area contributed by atoms with Gasteiger partial charge in [-0.3, -0.25) is 9.59 Å². The first kappa shape index (κ1) is 17.1. The number of thioether (sulfide) groups is 1. The maximum absolute atomic E-state index is 12.2. The minimum absolute atomic E-state index is 0.115. The summed E-state index contributed by atoms with van der Waals surface area (Å²) < 4.78 is 4.60. The van der Waals surface area contributed by atoms with E-state index >= 15 is 0 Å². The van der Waals surface area contributed by atoms with Gasteiger partial charge < -0.3 is 10.1 Å². The fraction of sp³-hybridized carbons (Fsp3) is 0.222. The molecule has 0 atom stereocenters. The lowest BCUT2D eigenvalue weighted by Gasteiger charge is -2.08. The van der Waals surface area contributed by atoms with Crippen LogP contribution in [0.5, 0.6) is 0 Å². The van der Waals surface area contributed by atoms with Gasteiger partial charge in [0.2, 0.25) is 0 Å². The number of benzene rings is 2. The van der Waals surface area contributed by atoms with Gasteiger partial charge in [0.1, 0.15) is 0 Å². The van der Waals surface area contributed by atoms with Gasteiger partial charge >= 0.3 is 5.97 Å². The highest BCUT2D eigenvalue weighted by molar-refractivity contribution is 7.99. The van der Waals surface area contributed by atoms with Crippen molar-refractivity contribution in [2.75, 3.05) is 18.2 Å². The van der Waals surface area contributed by atoms with E-state index in [1.54, 1.807) is 0 Å². The molecule has 0 aliphatic heterocycles. The fourth-order valence-electron chi connectivity index (χ4n) is 2.02. The number of esters is 1. The Labute approximate surface area is 140 Å². The summed E-state index contributed by atoms with van der Waals surface area (Å²) in [5.41, 5.74) is 3.46. The van der Waals surface area contributed by atoms with Crippen molar-refractivity contribution in [3.63, 3.8) is 0 Å². The number of ether oxygens (including phenoxy) is 1. The summed E-state index contributed by atoms with van der Waals surface area (Å²) in [6.07, 6.45) is 0. The van der Waals surface area contributed by atoms with Gasteiger partial charge in [0.25, 0.3) is 5.91 Å². The van der Waals surface area contributed by atoms with Crippen LogP contribution in [0.3, 0.4) is 0 Å². The molecule has 2 aromatic carbocycles. The van der Waals surface area contributed by atoms with Crippen LogP contribution in [-0.4, -0.2) is 24.7 Å². The molecule has 0 fully saturated rings. The predicted octanol–water partition coefficient (Wildman–Crippen LogP) is 3.65. The third kappa shape index (κ3) is 5.14. The summed E-state index contributed by atoms with van der Waals surface area (Å²) in [5, 5.41) is 2.89. The smallest absolute Gasteiger partial charge is 0.315 e. The third-order valence-corrected chi connectivity index (χ3v) is 4.30. The summed E-state index contributed by atoms with van der Waals surface area (Å²) in [6, 6.07) is 15.1. The molecule has 0 saturated heterocycles. The van der Waals surface area contributed by atoms with Crippen molar-refractivity contribution < 1.29 is 14.3 Å². The molecule has 0 unspecified atom stereocenters. The number of carbonyl (C=O) groups excluding carboxylic acids is 2. The van der Waals surface area contributed by atoms with Gasteiger partial charge in [-0.15, -0.1) is 11.8 Å². The van der Waals surface area contributed by atoms with E-state index in [0.29, 0.717) is 11.3 Å². The maximum atomic E-state index is 12.2. The van der Waals surface area contributed by atoms with Crippen LogP contribution in [0.1, 0.15) is 21.5 Å². The van der Waals surface area contributed by atoms with Gasteiger partial charge in [-0.2, -0.15) is 0 Å². The van der Waals surface area contributed by atoms with Gasteiger partial charge in [0.05, 0.1) is 12.9 Å². The Hall–Kier alpha value is -2.27. The molecule has 0 aliphatic rings. The second kappa shape index (κ2) is 8.39. The first-order valence-corrected chi connectivity index (χ1v) is 8.36. The van der Waals surface area contributed by atoms with E-state index in [4.69, 9.17) is 0 Å². The summed E-state index contributed by atoms with van der Waals surface area (Å²) >= 11 is 1.50. The first-order valence-electron chi connectivity index (χ1n) is 7.20. The van der Waals surface area contributed by atoms with Gasteiger partial charge in [0.15, 0.2) is 0 Å². The van der Waals surface area contributed by atoms with E-state index in [0.717, 1.165) is 22.6 Å². The normalized spacial score (nSPS) is 10.2. The minimum Gasteiger partial charge on any atom is -0.468 e. The molecule has 23 heavy (non-hydrogen) atoms.